The van der Waals surface area contributed by atoms with E-state index in [1.807, 2.05) is 0 Å². The molecule has 1 atom stereocenters. The molecule has 0 radical (unpaired) electrons. The van der Waals surface area contributed by atoms with Crippen LogP contribution in [0.25, 0.3) is 0 Å². The number of ether oxygens (including phenoxy) is 1. The van der Waals surface area contributed by atoms with Gasteiger partial charge in [-0.2, -0.15) is 0 Å². The Bertz CT molecular complexity index is 267. The van der Waals surface area contributed by atoms with E-state index < -0.39 is 5.60 Å². The SMILES string of the molecule is CC1CN=C(NCCC2(O)CCOCC2)N1.I. The first-order valence-electron chi connectivity index (χ1n) is 6.03. The summed E-state index contributed by atoms with van der Waals surface area (Å²) >= 11 is 0. The lowest BCUT2D eigenvalue weighted by Crippen LogP contribution is -2.42. The first-order chi connectivity index (χ1) is 7.68. The maximum absolute atomic E-state index is 10.2. The second-order valence-corrected chi connectivity index (χ2v) is 4.75. The molecule has 1 saturated heterocycles. The first-order valence-corrected chi connectivity index (χ1v) is 6.03. The van der Waals surface area contributed by atoms with E-state index in [2.05, 4.69) is 22.5 Å². The Morgan fingerprint density at radius 3 is 2.82 bits per heavy atom. The van der Waals surface area contributed by atoms with Crippen molar-refractivity contribution in [3.05, 3.63) is 0 Å². The fourth-order valence-electron chi connectivity index (χ4n) is 2.07. The normalized spacial score (nSPS) is 26.7. The largest absolute Gasteiger partial charge is 0.390 e. The molecule has 0 aromatic carbocycles. The molecule has 0 aliphatic carbocycles. The van der Waals surface area contributed by atoms with Gasteiger partial charge < -0.3 is 20.5 Å². The van der Waals surface area contributed by atoms with E-state index in [4.69, 9.17) is 4.74 Å². The third-order valence-electron chi connectivity index (χ3n) is 3.21. The topological polar surface area (TPSA) is 65.9 Å². The maximum Gasteiger partial charge on any atom is 0.191 e. The number of rotatable bonds is 3. The molecule has 0 amide bonds. The molecule has 2 heterocycles. The van der Waals surface area contributed by atoms with E-state index in [9.17, 15) is 5.11 Å². The van der Waals surface area contributed by atoms with Gasteiger partial charge in [0.25, 0.3) is 0 Å². The monoisotopic (exact) mass is 355 g/mol. The number of hydrogen-bond donors (Lipinski definition) is 3. The van der Waals surface area contributed by atoms with Crippen LogP contribution in [-0.4, -0.2) is 49.0 Å². The van der Waals surface area contributed by atoms with Crippen LogP contribution in [0.1, 0.15) is 26.2 Å². The standard InChI is InChI=1S/C11H21N3O2.HI/c1-9-8-13-10(14-9)12-5-2-11(15)3-6-16-7-4-11;/h9,15H,2-8H2,1H3,(H2,12,13,14);1H. The minimum absolute atomic E-state index is 0. The summed E-state index contributed by atoms with van der Waals surface area (Å²) in [7, 11) is 0. The van der Waals surface area contributed by atoms with Gasteiger partial charge in [-0.25, -0.2) is 0 Å². The molecule has 0 aromatic rings. The van der Waals surface area contributed by atoms with Crippen molar-refractivity contribution in [2.45, 2.75) is 37.8 Å². The third kappa shape index (κ3) is 4.59. The smallest absolute Gasteiger partial charge is 0.191 e. The highest BCUT2D eigenvalue weighted by Gasteiger charge is 2.29. The Labute approximate surface area is 119 Å². The van der Waals surface area contributed by atoms with Gasteiger partial charge in [-0.05, 0) is 26.2 Å². The Hall–Kier alpha value is -0.0800. The molecule has 3 N–H and O–H groups in total. The van der Waals surface area contributed by atoms with Crippen LogP contribution in [0.5, 0.6) is 0 Å². The molecular formula is C11H22IN3O2. The molecule has 1 fully saturated rings. The molecule has 6 heteroatoms. The molecule has 0 saturated carbocycles. The van der Waals surface area contributed by atoms with Crippen LogP contribution in [0.3, 0.4) is 0 Å². The Morgan fingerprint density at radius 1 is 1.53 bits per heavy atom. The summed E-state index contributed by atoms with van der Waals surface area (Å²) in [5.41, 5.74) is -0.546. The molecule has 0 spiro atoms. The molecule has 2 aliphatic rings. The molecule has 100 valence electrons. The lowest BCUT2D eigenvalue weighted by molar-refractivity contribution is -0.0668. The Balaban J connectivity index is 0.00000144. The van der Waals surface area contributed by atoms with Crippen molar-refractivity contribution in [2.24, 2.45) is 4.99 Å². The van der Waals surface area contributed by atoms with Crippen molar-refractivity contribution in [3.63, 3.8) is 0 Å². The van der Waals surface area contributed by atoms with Gasteiger partial charge in [-0.1, -0.05) is 0 Å². The van der Waals surface area contributed by atoms with Crippen molar-refractivity contribution in [2.75, 3.05) is 26.3 Å². The van der Waals surface area contributed by atoms with E-state index in [1.165, 1.54) is 0 Å². The van der Waals surface area contributed by atoms with Gasteiger partial charge in [0.2, 0.25) is 0 Å². The van der Waals surface area contributed by atoms with E-state index in [0.29, 0.717) is 19.3 Å². The first kappa shape index (κ1) is 15.0. The van der Waals surface area contributed by atoms with E-state index >= 15 is 0 Å². The van der Waals surface area contributed by atoms with Gasteiger partial charge >= 0.3 is 0 Å². The zero-order valence-corrected chi connectivity index (χ0v) is 12.6. The molecule has 0 bridgehead atoms. The fourth-order valence-corrected chi connectivity index (χ4v) is 2.07. The molecule has 2 aliphatic heterocycles. The van der Waals surface area contributed by atoms with Crippen molar-refractivity contribution in [3.8, 4) is 0 Å². The molecule has 5 nitrogen and oxygen atoms in total. The van der Waals surface area contributed by atoms with Gasteiger partial charge in [0.15, 0.2) is 5.96 Å². The fraction of sp³-hybridized carbons (Fsp3) is 0.909. The van der Waals surface area contributed by atoms with E-state index in [1.54, 1.807) is 0 Å². The van der Waals surface area contributed by atoms with Crippen LogP contribution in [0.4, 0.5) is 0 Å². The quantitative estimate of drug-likeness (QED) is 0.644. The minimum atomic E-state index is -0.546. The van der Waals surface area contributed by atoms with E-state index in [-0.39, 0.29) is 24.0 Å². The van der Waals surface area contributed by atoms with Crippen LogP contribution in [0.2, 0.25) is 0 Å². The van der Waals surface area contributed by atoms with Crippen LogP contribution in [-0.2, 0) is 4.74 Å². The van der Waals surface area contributed by atoms with Gasteiger partial charge in [-0.3, -0.25) is 4.99 Å². The second kappa shape index (κ2) is 6.75. The number of nitrogens with zero attached hydrogens (tertiary/aromatic N) is 1. The van der Waals surface area contributed by atoms with Crippen LogP contribution >= 0.6 is 24.0 Å². The van der Waals surface area contributed by atoms with Crippen LogP contribution < -0.4 is 10.6 Å². The zero-order valence-electron chi connectivity index (χ0n) is 10.2. The summed E-state index contributed by atoms with van der Waals surface area (Å²) in [4.78, 5) is 4.31. The summed E-state index contributed by atoms with van der Waals surface area (Å²) in [6.45, 7) is 5.04. The average Bonchev–Trinajstić information content (AvgIpc) is 2.65. The van der Waals surface area contributed by atoms with Crippen molar-refractivity contribution in [1.29, 1.82) is 0 Å². The number of guanidine groups is 1. The highest BCUT2D eigenvalue weighted by molar-refractivity contribution is 14.0. The van der Waals surface area contributed by atoms with Crippen molar-refractivity contribution >= 4 is 29.9 Å². The third-order valence-corrected chi connectivity index (χ3v) is 3.21. The zero-order chi connectivity index (χ0) is 11.4. The number of halogens is 1. The van der Waals surface area contributed by atoms with Gasteiger partial charge in [0.1, 0.15) is 0 Å². The summed E-state index contributed by atoms with van der Waals surface area (Å²) in [5, 5.41) is 16.7. The summed E-state index contributed by atoms with van der Waals surface area (Å²) in [6, 6.07) is 0.425. The van der Waals surface area contributed by atoms with Crippen molar-refractivity contribution < 1.29 is 9.84 Å². The van der Waals surface area contributed by atoms with Gasteiger partial charge in [0, 0.05) is 25.8 Å². The number of aliphatic imine (C=N–C) groups is 1. The predicted molar refractivity (Wildman–Crippen MR) is 77.9 cm³/mol. The molecule has 1 unspecified atom stereocenters. The minimum Gasteiger partial charge on any atom is -0.390 e. The summed E-state index contributed by atoms with van der Waals surface area (Å²) < 4.78 is 5.24. The molecule has 0 aromatic heterocycles. The number of nitrogens with one attached hydrogen (secondary N) is 2. The molecule has 2 rings (SSSR count). The van der Waals surface area contributed by atoms with Crippen LogP contribution in [0, 0.1) is 0 Å². The predicted octanol–water partition coefficient (Wildman–Crippen LogP) is 0.473. The lowest BCUT2D eigenvalue weighted by atomic mass is 9.91. The molecular weight excluding hydrogens is 333 g/mol. The molecule has 17 heavy (non-hydrogen) atoms. The summed E-state index contributed by atoms with van der Waals surface area (Å²) in [5.74, 6) is 0.864. The van der Waals surface area contributed by atoms with Crippen molar-refractivity contribution in [1.82, 2.24) is 10.6 Å². The Morgan fingerprint density at radius 2 is 2.24 bits per heavy atom. The van der Waals surface area contributed by atoms with Gasteiger partial charge in [-0.15, -0.1) is 24.0 Å². The Kier molecular flexibility index (Phi) is 5.94. The number of aliphatic hydroxyl groups is 1. The average molecular weight is 355 g/mol. The highest BCUT2D eigenvalue weighted by atomic mass is 127. The second-order valence-electron chi connectivity index (χ2n) is 4.75. The lowest BCUT2D eigenvalue weighted by Gasteiger charge is -2.32. The highest BCUT2D eigenvalue weighted by Crippen LogP contribution is 2.23. The van der Waals surface area contributed by atoms with Gasteiger partial charge in [0.05, 0.1) is 12.1 Å². The maximum atomic E-state index is 10.2. The summed E-state index contributed by atoms with van der Waals surface area (Å²) in [6.07, 6.45) is 2.24. The van der Waals surface area contributed by atoms with Crippen LogP contribution in [0.15, 0.2) is 4.99 Å². The number of hydrogen-bond acceptors (Lipinski definition) is 5. The van der Waals surface area contributed by atoms with E-state index in [0.717, 1.165) is 38.3 Å².